The maximum absolute atomic E-state index is 12.0. The van der Waals surface area contributed by atoms with Crippen LogP contribution in [0.4, 0.5) is 0 Å². The van der Waals surface area contributed by atoms with E-state index in [-0.39, 0.29) is 11.5 Å². The van der Waals surface area contributed by atoms with E-state index in [1.165, 1.54) is 12.1 Å². The molecule has 0 radical (unpaired) electrons. The molecule has 0 amide bonds. The van der Waals surface area contributed by atoms with Crippen molar-refractivity contribution in [2.75, 3.05) is 6.61 Å². The zero-order chi connectivity index (χ0) is 18.2. The normalized spacial score (nSPS) is 14.1. The predicted octanol–water partition coefficient (Wildman–Crippen LogP) is 3.92. The number of allylic oxidation sites excluding steroid dienone is 2. The molecule has 1 atom stereocenters. The van der Waals surface area contributed by atoms with Crippen molar-refractivity contribution >= 4 is 10.1 Å². The number of benzene rings is 1. The van der Waals surface area contributed by atoms with E-state index in [0.29, 0.717) is 12.8 Å². The Kier molecular flexibility index (Phi) is 8.11. The van der Waals surface area contributed by atoms with Crippen molar-refractivity contribution < 1.29 is 17.7 Å². The Balaban J connectivity index is 2.46. The predicted molar refractivity (Wildman–Crippen MR) is 97.3 cm³/mol. The van der Waals surface area contributed by atoms with Gasteiger partial charge in [0.15, 0.2) is 0 Å². The van der Waals surface area contributed by atoms with Gasteiger partial charge in [-0.25, -0.2) is 0 Å². The lowest BCUT2D eigenvalue weighted by Gasteiger charge is -2.07. The molecule has 1 unspecified atom stereocenters. The first-order chi connectivity index (χ1) is 11.2. The maximum atomic E-state index is 12.0. The molecule has 0 spiro atoms. The summed E-state index contributed by atoms with van der Waals surface area (Å²) in [5.74, 6) is 0. The summed E-state index contributed by atoms with van der Waals surface area (Å²) in [7, 11) is -3.72. The SMILES string of the molecule is C=C(C)/C=C/C(O)C/C(C)=C/CCOS(=O)(=O)c1ccc(C)cc1. The van der Waals surface area contributed by atoms with Gasteiger partial charge in [0.25, 0.3) is 10.1 Å². The highest BCUT2D eigenvalue weighted by Gasteiger charge is 2.14. The smallest absolute Gasteiger partial charge is 0.296 e. The topological polar surface area (TPSA) is 63.6 Å². The number of rotatable bonds is 9. The number of aliphatic hydroxyl groups excluding tert-OH is 1. The van der Waals surface area contributed by atoms with Crippen LogP contribution in [-0.4, -0.2) is 26.2 Å². The Morgan fingerprint density at radius 2 is 1.92 bits per heavy atom. The van der Waals surface area contributed by atoms with Crippen LogP contribution >= 0.6 is 0 Å². The van der Waals surface area contributed by atoms with Gasteiger partial charge < -0.3 is 5.11 Å². The zero-order valence-corrected chi connectivity index (χ0v) is 15.3. The van der Waals surface area contributed by atoms with Crippen LogP contribution in [0.5, 0.6) is 0 Å². The molecule has 5 heteroatoms. The molecule has 0 aliphatic heterocycles. The zero-order valence-electron chi connectivity index (χ0n) is 14.5. The van der Waals surface area contributed by atoms with Gasteiger partial charge in [-0.3, -0.25) is 4.18 Å². The summed E-state index contributed by atoms with van der Waals surface area (Å²) >= 11 is 0. The standard InChI is InChI=1S/C19H26O4S/c1-15(2)7-10-18(20)14-17(4)6-5-13-23-24(21,22)19-11-8-16(3)9-12-19/h6-12,18,20H,1,5,13-14H2,2-4H3/b10-7+,17-6+. The van der Waals surface area contributed by atoms with Gasteiger partial charge in [0.05, 0.1) is 17.6 Å². The molecular weight excluding hydrogens is 324 g/mol. The van der Waals surface area contributed by atoms with Gasteiger partial charge in [0.2, 0.25) is 0 Å². The summed E-state index contributed by atoms with van der Waals surface area (Å²) in [5.41, 5.74) is 2.85. The highest BCUT2D eigenvalue weighted by atomic mass is 32.2. The van der Waals surface area contributed by atoms with Crippen LogP contribution in [0, 0.1) is 6.92 Å². The lowest BCUT2D eigenvalue weighted by molar-refractivity contribution is 0.223. The monoisotopic (exact) mass is 350 g/mol. The van der Waals surface area contributed by atoms with Crippen molar-refractivity contribution in [3.8, 4) is 0 Å². The van der Waals surface area contributed by atoms with Crippen LogP contribution in [0.2, 0.25) is 0 Å². The van der Waals surface area contributed by atoms with Crippen molar-refractivity contribution in [3.63, 3.8) is 0 Å². The average Bonchev–Trinajstić information content (AvgIpc) is 2.50. The van der Waals surface area contributed by atoms with E-state index in [0.717, 1.165) is 16.7 Å². The molecule has 1 rings (SSSR count). The molecule has 1 aromatic rings. The molecule has 0 heterocycles. The van der Waals surface area contributed by atoms with Gasteiger partial charge >= 0.3 is 0 Å². The fraction of sp³-hybridized carbons (Fsp3) is 0.368. The molecule has 0 fully saturated rings. The average molecular weight is 350 g/mol. The second-order valence-corrected chi connectivity index (χ2v) is 7.52. The van der Waals surface area contributed by atoms with E-state index in [1.807, 2.05) is 26.8 Å². The first-order valence-corrected chi connectivity index (χ1v) is 9.25. The summed E-state index contributed by atoms with van der Waals surface area (Å²) in [4.78, 5) is 0.161. The molecule has 0 aliphatic carbocycles. The quantitative estimate of drug-likeness (QED) is 0.317. The Morgan fingerprint density at radius 3 is 2.50 bits per heavy atom. The van der Waals surface area contributed by atoms with Gasteiger partial charge in [0.1, 0.15) is 0 Å². The van der Waals surface area contributed by atoms with Crippen molar-refractivity contribution in [2.45, 2.75) is 44.6 Å². The molecule has 0 bridgehead atoms. The Hall–Kier alpha value is -1.69. The fourth-order valence-corrected chi connectivity index (χ4v) is 2.91. The van der Waals surface area contributed by atoms with Gasteiger partial charge in [0, 0.05) is 0 Å². The Labute approximate surface area is 145 Å². The first kappa shape index (κ1) is 20.4. The Bertz CT molecular complexity index is 697. The lowest BCUT2D eigenvalue weighted by Crippen LogP contribution is -2.07. The van der Waals surface area contributed by atoms with E-state index in [1.54, 1.807) is 24.3 Å². The molecule has 132 valence electrons. The highest BCUT2D eigenvalue weighted by Crippen LogP contribution is 2.14. The largest absolute Gasteiger partial charge is 0.389 e. The van der Waals surface area contributed by atoms with Crippen LogP contribution < -0.4 is 0 Å². The Morgan fingerprint density at radius 1 is 1.29 bits per heavy atom. The molecule has 0 aromatic heterocycles. The van der Waals surface area contributed by atoms with Crippen molar-refractivity contribution in [1.82, 2.24) is 0 Å². The second-order valence-electron chi connectivity index (χ2n) is 5.91. The van der Waals surface area contributed by atoms with Gasteiger partial charge in [-0.2, -0.15) is 8.42 Å². The van der Waals surface area contributed by atoms with Crippen molar-refractivity contribution in [2.24, 2.45) is 0 Å². The summed E-state index contributed by atoms with van der Waals surface area (Å²) < 4.78 is 29.1. The van der Waals surface area contributed by atoms with Crippen LogP contribution in [-0.2, 0) is 14.3 Å². The minimum absolute atomic E-state index is 0.0747. The van der Waals surface area contributed by atoms with E-state index in [9.17, 15) is 13.5 Å². The number of aryl methyl sites for hydroxylation is 1. The van der Waals surface area contributed by atoms with E-state index in [2.05, 4.69) is 6.58 Å². The van der Waals surface area contributed by atoms with Crippen LogP contribution in [0.25, 0.3) is 0 Å². The number of hydrogen-bond donors (Lipinski definition) is 1. The summed E-state index contributed by atoms with van der Waals surface area (Å²) in [6.07, 6.45) is 5.73. The molecule has 0 aliphatic rings. The number of hydrogen-bond acceptors (Lipinski definition) is 4. The fourth-order valence-electron chi connectivity index (χ4n) is 1.99. The van der Waals surface area contributed by atoms with Gasteiger partial charge in [-0.15, -0.1) is 0 Å². The minimum Gasteiger partial charge on any atom is -0.389 e. The first-order valence-electron chi connectivity index (χ1n) is 7.84. The van der Waals surface area contributed by atoms with Crippen LogP contribution in [0.1, 0.15) is 32.3 Å². The molecule has 4 nitrogen and oxygen atoms in total. The summed E-state index contributed by atoms with van der Waals surface area (Å²) in [6.45, 7) is 9.46. The molecule has 0 saturated carbocycles. The van der Waals surface area contributed by atoms with Gasteiger partial charge in [-0.1, -0.05) is 53.6 Å². The second kappa shape index (κ2) is 9.57. The molecule has 1 N–H and O–H groups in total. The third-order valence-electron chi connectivity index (χ3n) is 3.29. The molecular formula is C19H26O4S. The summed E-state index contributed by atoms with van der Waals surface area (Å²) in [6, 6.07) is 6.55. The molecule has 24 heavy (non-hydrogen) atoms. The maximum Gasteiger partial charge on any atom is 0.296 e. The van der Waals surface area contributed by atoms with E-state index in [4.69, 9.17) is 4.18 Å². The molecule has 0 saturated heterocycles. The third kappa shape index (κ3) is 7.73. The van der Waals surface area contributed by atoms with Crippen molar-refractivity contribution in [3.05, 3.63) is 65.8 Å². The van der Waals surface area contributed by atoms with Crippen LogP contribution in [0.15, 0.2) is 65.1 Å². The minimum atomic E-state index is -3.72. The van der Waals surface area contributed by atoms with Crippen molar-refractivity contribution in [1.29, 1.82) is 0 Å². The highest BCUT2D eigenvalue weighted by molar-refractivity contribution is 7.86. The van der Waals surface area contributed by atoms with E-state index >= 15 is 0 Å². The van der Waals surface area contributed by atoms with E-state index < -0.39 is 16.2 Å². The summed E-state index contributed by atoms with van der Waals surface area (Å²) in [5, 5.41) is 9.83. The van der Waals surface area contributed by atoms with Crippen LogP contribution in [0.3, 0.4) is 0 Å². The van der Waals surface area contributed by atoms with Gasteiger partial charge in [-0.05, 0) is 45.7 Å². The number of aliphatic hydroxyl groups is 1. The third-order valence-corrected chi connectivity index (χ3v) is 4.62. The molecule has 1 aromatic carbocycles. The lowest BCUT2D eigenvalue weighted by atomic mass is 10.1.